The predicted octanol–water partition coefficient (Wildman–Crippen LogP) is 23.8. The third kappa shape index (κ3) is 15.3. The number of phenolic OH excluding ortho intramolecular Hbond substituents is 8. The lowest BCUT2D eigenvalue weighted by Gasteiger charge is -2.21. The zero-order valence-corrected chi connectivity index (χ0v) is 59.6. The van der Waals surface area contributed by atoms with Crippen LogP contribution in [0.25, 0.3) is 76.8 Å². The molecule has 0 aliphatic carbocycles. The van der Waals surface area contributed by atoms with Crippen LogP contribution in [0.5, 0.6) is 46.0 Å². The van der Waals surface area contributed by atoms with Gasteiger partial charge in [0.1, 0.15) is 46.0 Å². The minimum Gasteiger partial charge on any atom is -0.508 e. The van der Waals surface area contributed by atoms with Crippen LogP contribution in [0.3, 0.4) is 0 Å². The highest BCUT2D eigenvalue weighted by Gasteiger charge is 2.23. The van der Waals surface area contributed by atoms with Gasteiger partial charge in [-0.1, -0.05) is 234 Å². The minimum absolute atomic E-state index is 0.0637. The van der Waals surface area contributed by atoms with Crippen molar-refractivity contribution in [2.45, 2.75) is 79.1 Å². The van der Waals surface area contributed by atoms with Crippen molar-refractivity contribution in [1.82, 2.24) is 4.98 Å². The first-order valence-electron chi connectivity index (χ1n) is 35.1. The lowest BCUT2D eigenvalue weighted by molar-refractivity contribution is 0.462. The summed E-state index contributed by atoms with van der Waals surface area (Å²) in [6, 6.07) is 92.7. The highest BCUT2D eigenvalue weighted by Crippen LogP contribution is 2.46. The van der Waals surface area contributed by atoms with E-state index in [1.807, 2.05) is 149 Å². The van der Waals surface area contributed by atoms with E-state index >= 15 is 0 Å². The summed E-state index contributed by atoms with van der Waals surface area (Å²) in [5.41, 5.74) is 18.3. The quantitative estimate of drug-likeness (QED) is 0.0554. The molecule has 9 heteroatoms. The zero-order chi connectivity index (χ0) is 73.3. The van der Waals surface area contributed by atoms with Crippen molar-refractivity contribution in [3.63, 3.8) is 0 Å². The summed E-state index contributed by atoms with van der Waals surface area (Å²) in [7, 11) is 0. The smallest absolute Gasteiger partial charge is 0.126 e. The Balaban J connectivity index is 0.000000131. The Labute approximate surface area is 608 Å². The van der Waals surface area contributed by atoms with Gasteiger partial charge < -0.3 is 40.9 Å². The van der Waals surface area contributed by atoms with Crippen LogP contribution in [0.2, 0.25) is 0 Å². The van der Waals surface area contributed by atoms with E-state index in [0.29, 0.717) is 39.1 Å². The van der Waals surface area contributed by atoms with Gasteiger partial charge in [-0.3, -0.25) is 4.98 Å². The molecule has 0 aliphatic heterocycles. The summed E-state index contributed by atoms with van der Waals surface area (Å²) in [6.07, 6.45) is 3.53. The van der Waals surface area contributed by atoms with Crippen molar-refractivity contribution >= 4 is 32.3 Å². The first-order chi connectivity index (χ1) is 50.2. The number of nitrogens with zero attached hydrogens (tertiary/aromatic N) is 1. The van der Waals surface area contributed by atoms with E-state index in [2.05, 4.69) is 148 Å². The third-order valence-corrected chi connectivity index (χ3v) is 20.1. The van der Waals surface area contributed by atoms with Crippen molar-refractivity contribution in [1.29, 1.82) is 0 Å². The van der Waals surface area contributed by atoms with Gasteiger partial charge in [0.2, 0.25) is 0 Å². The van der Waals surface area contributed by atoms with E-state index in [4.69, 9.17) is 0 Å². The summed E-state index contributed by atoms with van der Waals surface area (Å²) >= 11 is 0. The average molecular weight is 1370 g/mol. The first-order valence-corrected chi connectivity index (χ1v) is 35.1. The molecule has 1 heterocycles. The van der Waals surface area contributed by atoms with Crippen molar-refractivity contribution in [3.05, 3.63) is 364 Å². The van der Waals surface area contributed by atoms with Crippen molar-refractivity contribution in [2.75, 3.05) is 0 Å². The summed E-state index contributed by atoms with van der Waals surface area (Å²) in [5.74, 6) is 2.24. The maximum atomic E-state index is 10.8. The van der Waals surface area contributed by atoms with Gasteiger partial charge >= 0.3 is 0 Å². The molecule has 15 rings (SSSR count). The highest BCUT2D eigenvalue weighted by atomic mass is 16.3. The molecule has 0 spiro atoms. The molecule has 0 saturated heterocycles. The van der Waals surface area contributed by atoms with Crippen LogP contribution in [0.15, 0.2) is 298 Å². The molecule has 8 N–H and O–H groups in total. The van der Waals surface area contributed by atoms with Crippen LogP contribution < -0.4 is 0 Å². The van der Waals surface area contributed by atoms with Crippen LogP contribution in [0, 0.1) is 27.7 Å². The lowest BCUT2D eigenvalue weighted by atomic mass is 9.83. The fraction of sp³-hybridized carbons (Fsp3) is 0.126. The van der Waals surface area contributed by atoms with Gasteiger partial charge in [-0.05, 0) is 211 Å². The van der Waals surface area contributed by atoms with Crippen LogP contribution in [-0.2, 0) is 0 Å². The number of hydrogen-bond donors (Lipinski definition) is 8. The van der Waals surface area contributed by atoms with E-state index in [9.17, 15) is 40.9 Å². The van der Waals surface area contributed by atoms with Crippen LogP contribution >= 0.6 is 0 Å². The Morgan fingerprint density at radius 1 is 0.250 bits per heavy atom. The van der Waals surface area contributed by atoms with E-state index < -0.39 is 0 Å². The van der Waals surface area contributed by atoms with E-state index in [0.717, 1.165) is 61.2 Å². The fourth-order valence-electron chi connectivity index (χ4n) is 14.1. The molecule has 4 unspecified atom stereocenters. The van der Waals surface area contributed by atoms with Gasteiger partial charge in [0.25, 0.3) is 0 Å². The molecule has 14 aromatic carbocycles. The van der Waals surface area contributed by atoms with Crippen LogP contribution in [-0.4, -0.2) is 45.8 Å². The Morgan fingerprint density at radius 3 is 1.12 bits per heavy atom. The molecule has 9 nitrogen and oxygen atoms in total. The van der Waals surface area contributed by atoms with Crippen LogP contribution in [0.1, 0.15) is 118 Å². The first kappa shape index (κ1) is 71.2. The van der Waals surface area contributed by atoms with Crippen molar-refractivity contribution in [3.8, 4) is 90.5 Å². The molecule has 0 bridgehead atoms. The van der Waals surface area contributed by atoms with Crippen LogP contribution in [0.4, 0.5) is 0 Å². The second kappa shape index (κ2) is 31.5. The number of para-hydroxylation sites is 3. The second-order valence-corrected chi connectivity index (χ2v) is 26.9. The molecule has 0 amide bonds. The summed E-state index contributed by atoms with van der Waals surface area (Å²) in [6.45, 7) is 16.2. The standard InChI is InChI=1S/C29H24O2.C25H22O2.C21H20O2.C20H19NO2/c1-18-15-22(17-26(29(18)31)25-13-7-8-14-27(25)30)19(2)28-23-11-5-3-9-20(23)16-21-10-4-6-12-24(21)28;1-16-14-19(15-23(25(16)27)22-11-5-6-13-24(22)26)17(2)20-12-7-9-18-8-3-4-10-21(18)20;1-14-12-17(15(2)16-8-4-3-5-9-16)13-19(21(14)23)18-10-6-7-11-20(18)22;1-13-11-17(16-3-5-18(22)6-4-16)12-19(20(13)23)14(2)15-7-9-21-10-8-15/h3-17,19,30-31H,1-2H3;3-15,17,26-27H,1-2H3;3-13,15,22-23H,1-2H3;3-12,14,22-23H,1-2H3. The molecule has 4 atom stereocenters. The second-order valence-electron chi connectivity index (χ2n) is 26.9. The number of aryl methyl sites for hydroxylation is 4. The topological polar surface area (TPSA) is 175 Å². The van der Waals surface area contributed by atoms with E-state index in [1.54, 1.807) is 60.9 Å². The number of fused-ring (bicyclic) bond motifs is 3. The number of aromatic hydroxyl groups is 8. The van der Waals surface area contributed by atoms with E-state index in [-0.39, 0.29) is 63.9 Å². The summed E-state index contributed by atoms with van der Waals surface area (Å²) < 4.78 is 0. The average Bonchev–Trinajstić information content (AvgIpc) is 0.927. The number of pyridine rings is 1. The summed E-state index contributed by atoms with van der Waals surface area (Å²) in [4.78, 5) is 4.05. The number of benzene rings is 14. The lowest BCUT2D eigenvalue weighted by Crippen LogP contribution is -2.00. The fourth-order valence-corrected chi connectivity index (χ4v) is 14.1. The van der Waals surface area contributed by atoms with E-state index in [1.165, 1.54) is 49.0 Å². The third-order valence-electron chi connectivity index (χ3n) is 20.1. The molecule has 0 fully saturated rings. The number of phenols is 8. The maximum Gasteiger partial charge on any atom is 0.126 e. The molecule has 0 radical (unpaired) electrons. The Bertz CT molecular complexity index is 5500. The van der Waals surface area contributed by atoms with Gasteiger partial charge in [0, 0.05) is 75.0 Å². The van der Waals surface area contributed by atoms with Crippen molar-refractivity contribution in [2.24, 2.45) is 0 Å². The Morgan fingerprint density at radius 2 is 0.635 bits per heavy atom. The highest BCUT2D eigenvalue weighted by molar-refractivity contribution is 6.03. The maximum absolute atomic E-state index is 10.8. The predicted molar refractivity (Wildman–Crippen MR) is 426 cm³/mol. The molecule has 104 heavy (non-hydrogen) atoms. The molecular formula is C95H85NO8. The normalized spacial score (nSPS) is 12.2. The minimum atomic E-state index is 0.0637. The van der Waals surface area contributed by atoms with Gasteiger partial charge in [0.05, 0.1) is 0 Å². The monoisotopic (exact) mass is 1370 g/mol. The van der Waals surface area contributed by atoms with Gasteiger partial charge in [0.15, 0.2) is 0 Å². The SMILES string of the molecule is Cc1cc(-c2ccc(O)cc2)cc(C(C)c2ccncc2)c1O.Cc1cc(C(C)c2c3ccccc3cc3ccccc23)cc(-c2ccccc2O)c1O.Cc1cc(C(C)c2cccc3ccccc23)cc(-c2ccccc2O)c1O.Cc1cc(C(C)c2ccccc2)cc(-c2ccccc2O)c1O. The molecule has 518 valence electrons. The molecule has 0 saturated carbocycles. The molecule has 1 aromatic heterocycles. The van der Waals surface area contributed by atoms with Gasteiger partial charge in [-0.2, -0.15) is 0 Å². The largest absolute Gasteiger partial charge is 0.508 e. The zero-order valence-electron chi connectivity index (χ0n) is 59.6. The number of hydrogen-bond acceptors (Lipinski definition) is 9. The Hall–Kier alpha value is -12.6. The van der Waals surface area contributed by atoms with Gasteiger partial charge in [-0.15, -0.1) is 0 Å². The number of rotatable bonds is 12. The number of aromatic nitrogens is 1. The molecule has 15 aromatic rings. The molecular weight excluding hydrogens is 1280 g/mol. The summed E-state index contributed by atoms with van der Waals surface area (Å²) in [5, 5.41) is 89.9. The molecule has 0 aliphatic rings. The van der Waals surface area contributed by atoms with Gasteiger partial charge in [-0.25, -0.2) is 0 Å². The Kier molecular flexibility index (Phi) is 21.6. The van der Waals surface area contributed by atoms with Crippen molar-refractivity contribution < 1.29 is 40.9 Å².